The summed E-state index contributed by atoms with van der Waals surface area (Å²) in [5, 5.41) is 6.99. The quantitative estimate of drug-likeness (QED) is 0.575. The number of hydrogen-bond donors (Lipinski definition) is 1. The van der Waals surface area contributed by atoms with Gasteiger partial charge in [0.05, 0.1) is 0 Å². The van der Waals surface area contributed by atoms with Gasteiger partial charge < -0.3 is 19.6 Å². The smallest absolute Gasteiger partial charge is 0.321 e. The van der Waals surface area contributed by atoms with Gasteiger partial charge in [0.1, 0.15) is 0 Å². The average molecular weight is 462 g/mol. The molecule has 178 valence electrons. The molecule has 3 aromatic rings. The summed E-state index contributed by atoms with van der Waals surface area (Å²) in [4.78, 5) is 33.2. The number of amides is 3. The zero-order chi connectivity index (χ0) is 24.1. The minimum Gasteiger partial charge on any atom is -0.339 e. The van der Waals surface area contributed by atoms with E-state index >= 15 is 0 Å². The van der Waals surface area contributed by atoms with Crippen molar-refractivity contribution in [3.8, 4) is 11.5 Å². The largest absolute Gasteiger partial charge is 0.339 e. The Morgan fingerprint density at radius 1 is 1.06 bits per heavy atom. The van der Waals surface area contributed by atoms with Crippen molar-refractivity contribution in [1.29, 1.82) is 0 Å². The van der Waals surface area contributed by atoms with E-state index in [0.717, 1.165) is 48.3 Å². The third-order valence-electron chi connectivity index (χ3n) is 6.35. The fourth-order valence-electron chi connectivity index (χ4n) is 3.97. The molecule has 34 heavy (non-hydrogen) atoms. The van der Waals surface area contributed by atoms with Crippen molar-refractivity contribution in [3.05, 3.63) is 65.0 Å². The van der Waals surface area contributed by atoms with Gasteiger partial charge in [0.25, 0.3) is 11.8 Å². The van der Waals surface area contributed by atoms with Gasteiger partial charge in [0, 0.05) is 49.9 Å². The molecular weight excluding hydrogens is 430 g/mol. The summed E-state index contributed by atoms with van der Waals surface area (Å²) in [6.45, 7) is 6.10. The molecular formula is C26H31N5O3. The zero-order valence-electron chi connectivity index (χ0n) is 20.0. The van der Waals surface area contributed by atoms with Crippen LogP contribution in [0.2, 0.25) is 0 Å². The van der Waals surface area contributed by atoms with Gasteiger partial charge in [0.2, 0.25) is 0 Å². The van der Waals surface area contributed by atoms with Crippen LogP contribution in [0.4, 0.5) is 10.5 Å². The second-order valence-electron chi connectivity index (χ2n) is 8.80. The average Bonchev–Trinajstić information content (AvgIpc) is 3.34. The van der Waals surface area contributed by atoms with Crippen molar-refractivity contribution >= 4 is 17.6 Å². The number of nitrogens with one attached hydrogen (secondary N) is 1. The van der Waals surface area contributed by atoms with E-state index in [1.54, 1.807) is 11.9 Å². The molecule has 0 unspecified atom stereocenters. The number of likely N-dealkylation sites (N-methyl/N-ethyl adjacent to an activating group) is 1. The highest BCUT2D eigenvalue weighted by Gasteiger charge is 2.19. The monoisotopic (exact) mass is 461 g/mol. The summed E-state index contributed by atoms with van der Waals surface area (Å²) in [6, 6.07) is 12.9. The van der Waals surface area contributed by atoms with Crippen LogP contribution in [0.15, 0.2) is 47.0 Å². The number of piperidine rings is 1. The molecule has 1 aliphatic rings. The van der Waals surface area contributed by atoms with Crippen LogP contribution in [0.5, 0.6) is 0 Å². The molecule has 8 nitrogen and oxygen atoms in total. The molecule has 8 heteroatoms. The first kappa shape index (κ1) is 23.5. The number of likely N-dealkylation sites (tertiary alicyclic amines) is 1. The Morgan fingerprint density at radius 2 is 1.79 bits per heavy atom. The van der Waals surface area contributed by atoms with E-state index in [-0.39, 0.29) is 11.9 Å². The molecule has 0 aliphatic carbocycles. The maximum atomic E-state index is 12.6. The van der Waals surface area contributed by atoms with Crippen LogP contribution < -0.4 is 5.32 Å². The second kappa shape index (κ2) is 10.5. The lowest BCUT2D eigenvalue weighted by atomic mass is 10.1. The number of hydrogen-bond acceptors (Lipinski definition) is 5. The molecule has 0 radical (unpaired) electrons. The SMILES string of the molecule is Cc1cccc(NC(=O)N(C)CCc2noc(-c3ccc(C(=O)N4CCCCC4)cc3)n2)c1C. The molecule has 0 saturated carbocycles. The van der Waals surface area contributed by atoms with Gasteiger partial charge >= 0.3 is 6.03 Å². The maximum absolute atomic E-state index is 12.6. The maximum Gasteiger partial charge on any atom is 0.321 e. The molecule has 0 atom stereocenters. The lowest BCUT2D eigenvalue weighted by Crippen LogP contribution is -2.35. The van der Waals surface area contributed by atoms with Crippen LogP contribution in [0.1, 0.15) is 46.6 Å². The van der Waals surface area contributed by atoms with Crippen LogP contribution in [0.25, 0.3) is 11.5 Å². The Balaban J connectivity index is 1.32. The number of carbonyl (C=O) groups is 2. The number of nitrogens with zero attached hydrogens (tertiary/aromatic N) is 4. The zero-order valence-corrected chi connectivity index (χ0v) is 20.0. The summed E-state index contributed by atoms with van der Waals surface area (Å²) in [6.07, 6.45) is 3.79. The number of rotatable bonds is 6. The van der Waals surface area contributed by atoms with Gasteiger partial charge in [-0.15, -0.1) is 0 Å². The Bertz CT molecular complexity index is 1150. The van der Waals surface area contributed by atoms with Crippen molar-refractivity contribution < 1.29 is 14.1 Å². The minimum atomic E-state index is -0.189. The predicted molar refractivity (Wildman–Crippen MR) is 131 cm³/mol. The lowest BCUT2D eigenvalue weighted by molar-refractivity contribution is 0.0724. The van der Waals surface area contributed by atoms with Gasteiger partial charge in [-0.2, -0.15) is 4.98 Å². The predicted octanol–water partition coefficient (Wildman–Crippen LogP) is 4.69. The number of aryl methyl sites for hydroxylation is 1. The van der Waals surface area contributed by atoms with E-state index in [1.165, 1.54) is 6.42 Å². The van der Waals surface area contributed by atoms with Gasteiger partial charge in [-0.05, 0) is 74.6 Å². The van der Waals surface area contributed by atoms with E-state index in [4.69, 9.17) is 4.52 Å². The highest BCUT2D eigenvalue weighted by molar-refractivity contribution is 5.94. The molecule has 0 bridgehead atoms. The van der Waals surface area contributed by atoms with Crippen molar-refractivity contribution in [1.82, 2.24) is 19.9 Å². The Morgan fingerprint density at radius 3 is 2.53 bits per heavy atom. The van der Waals surface area contributed by atoms with Crippen LogP contribution in [-0.4, -0.2) is 58.6 Å². The Hall–Kier alpha value is -3.68. The van der Waals surface area contributed by atoms with Crippen molar-refractivity contribution in [2.45, 2.75) is 39.5 Å². The van der Waals surface area contributed by atoms with Crippen LogP contribution in [0, 0.1) is 13.8 Å². The highest BCUT2D eigenvalue weighted by atomic mass is 16.5. The normalized spacial score (nSPS) is 13.6. The number of anilines is 1. The van der Waals surface area contributed by atoms with E-state index in [1.807, 2.05) is 61.2 Å². The molecule has 1 fully saturated rings. The van der Waals surface area contributed by atoms with Crippen molar-refractivity contribution in [2.24, 2.45) is 0 Å². The van der Waals surface area contributed by atoms with E-state index in [9.17, 15) is 9.59 Å². The summed E-state index contributed by atoms with van der Waals surface area (Å²) < 4.78 is 5.41. The second-order valence-corrected chi connectivity index (χ2v) is 8.80. The molecule has 4 rings (SSSR count). The number of benzene rings is 2. The molecule has 2 heterocycles. The first-order chi connectivity index (χ1) is 16.4. The molecule has 1 aromatic heterocycles. The van der Waals surface area contributed by atoms with Gasteiger partial charge in [0.15, 0.2) is 5.82 Å². The molecule has 1 saturated heterocycles. The van der Waals surface area contributed by atoms with Crippen LogP contribution >= 0.6 is 0 Å². The van der Waals surface area contributed by atoms with Crippen LogP contribution in [-0.2, 0) is 6.42 Å². The van der Waals surface area contributed by atoms with E-state index in [0.29, 0.717) is 30.2 Å². The molecule has 3 amide bonds. The Labute approximate surface area is 199 Å². The summed E-state index contributed by atoms with van der Waals surface area (Å²) in [5.74, 6) is 0.990. The van der Waals surface area contributed by atoms with Crippen molar-refractivity contribution in [2.75, 3.05) is 32.0 Å². The summed E-state index contributed by atoms with van der Waals surface area (Å²) >= 11 is 0. The van der Waals surface area contributed by atoms with Crippen molar-refractivity contribution in [3.63, 3.8) is 0 Å². The van der Waals surface area contributed by atoms with Gasteiger partial charge in [-0.1, -0.05) is 17.3 Å². The highest BCUT2D eigenvalue weighted by Crippen LogP contribution is 2.21. The van der Waals surface area contributed by atoms with Gasteiger partial charge in [-0.3, -0.25) is 4.79 Å². The molecule has 1 aliphatic heterocycles. The van der Waals surface area contributed by atoms with E-state index < -0.39 is 0 Å². The Kier molecular flexibility index (Phi) is 7.25. The minimum absolute atomic E-state index is 0.0691. The first-order valence-corrected chi connectivity index (χ1v) is 11.7. The summed E-state index contributed by atoms with van der Waals surface area (Å²) in [7, 11) is 1.74. The third-order valence-corrected chi connectivity index (χ3v) is 6.35. The fourth-order valence-corrected chi connectivity index (χ4v) is 3.97. The summed E-state index contributed by atoms with van der Waals surface area (Å²) in [5.41, 5.74) is 4.41. The molecule has 0 spiro atoms. The molecule has 1 N–H and O–H groups in total. The number of carbonyl (C=O) groups excluding carboxylic acids is 2. The standard InChI is InChI=1S/C26H31N5O3/c1-18-8-7-9-22(19(18)2)27-26(33)30(3)17-14-23-28-24(34-29-23)20-10-12-21(13-11-20)25(32)31-15-5-4-6-16-31/h7-13H,4-6,14-17H2,1-3H3,(H,27,33). The van der Waals surface area contributed by atoms with E-state index in [2.05, 4.69) is 15.5 Å². The third kappa shape index (κ3) is 5.44. The van der Waals surface area contributed by atoms with Gasteiger partial charge in [-0.25, -0.2) is 4.79 Å². The topological polar surface area (TPSA) is 91.6 Å². The lowest BCUT2D eigenvalue weighted by Gasteiger charge is -2.26. The number of urea groups is 1. The van der Waals surface area contributed by atoms with Crippen LogP contribution in [0.3, 0.4) is 0 Å². The molecule has 2 aromatic carbocycles. The number of aromatic nitrogens is 2. The fraction of sp³-hybridized carbons (Fsp3) is 0.385. The first-order valence-electron chi connectivity index (χ1n) is 11.7.